The molecule has 1 heterocycles. The fourth-order valence-electron chi connectivity index (χ4n) is 2.52. The number of carboxylic acid groups (broad SMARTS) is 1. The van der Waals surface area contributed by atoms with E-state index in [-0.39, 0.29) is 18.1 Å². The van der Waals surface area contributed by atoms with E-state index in [0.717, 1.165) is 11.6 Å². The van der Waals surface area contributed by atoms with Crippen LogP contribution in [0, 0.1) is 0 Å². The number of amides is 1. The van der Waals surface area contributed by atoms with Crippen LogP contribution in [-0.4, -0.2) is 33.8 Å². The van der Waals surface area contributed by atoms with E-state index in [2.05, 4.69) is 10.3 Å². The molecule has 0 unspecified atom stereocenters. The zero-order valence-electron chi connectivity index (χ0n) is 17.2. The van der Waals surface area contributed by atoms with E-state index >= 15 is 0 Å². The number of aliphatic carboxylic acids is 1. The van der Waals surface area contributed by atoms with Gasteiger partial charge < -0.3 is 19.9 Å². The SMILES string of the molecule is CC(C)(C)OC(=O)N[C@@H](Cc1cc(C(F)(F)F)cnc1OCc1ccccc1)C(=O)O. The molecule has 31 heavy (non-hydrogen) atoms. The lowest BCUT2D eigenvalue weighted by atomic mass is 10.1. The van der Waals surface area contributed by atoms with Crippen molar-refractivity contribution in [3.05, 3.63) is 59.3 Å². The Balaban J connectivity index is 2.28. The number of alkyl carbamates (subject to hydrolysis) is 1. The number of carbonyl (C=O) groups is 2. The maximum absolute atomic E-state index is 13.2. The van der Waals surface area contributed by atoms with Gasteiger partial charge >= 0.3 is 18.2 Å². The molecule has 2 rings (SSSR count). The topological polar surface area (TPSA) is 97.8 Å². The predicted molar refractivity (Wildman–Crippen MR) is 105 cm³/mol. The fourth-order valence-corrected chi connectivity index (χ4v) is 2.52. The van der Waals surface area contributed by atoms with Gasteiger partial charge in [0, 0.05) is 18.2 Å². The highest BCUT2D eigenvalue weighted by Crippen LogP contribution is 2.32. The van der Waals surface area contributed by atoms with E-state index in [1.807, 2.05) is 0 Å². The number of carbonyl (C=O) groups excluding carboxylic acids is 1. The summed E-state index contributed by atoms with van der Waals surface area (Å²) >= 11 is 0. The lowest BCUT2D eigenvalue weighted by Gasteiger charge is -2.22. The van der Waals surface area contributed by atoms with Crippen LogP contribution in [0.3, 0.4) is 0 Å². The molecule has 1 atom stereocenters. The molecule has 2 aromatic rings. The monoisotopic (exact) mass is 440 g/mol. The molecular formula is C21H23F3N2O5. The Morgan fingerprint density at radius 2 is 1.81 bits per heavy atom. The van der Waals surface area contributed by atoms with Gasteiger partial charge in [-0.25, -0.2) is 14.6 Å². The van der Waals surface area contributed by atoms with Crippen LogP contribution in [0.5, 0.6) is 5.88 Å². The minimum absolute atomic E-state index is 0.0173. The molecule has 0 spiro atoms. The van der Waals surface area contributed by atoms with Crippen molar-refractivity contribution in [2.45, 2.75) is 51.6 Å². The third kappa shape index (κ3) is 7.80. The average Bonchev–Trinajstić information content (AvgIpc) is 2.65. The van der Waals surface area contributed by atoms with E-state index in [9.17, 15) is 27.9 Å². The summed E-state index contributed by atoms with van der Waals surface area (Å²) < 4.78 is 50.0. The van der Waals surface area contributed by atoms with E-state index < -0.39 is 41.9 Å². The molecule has 168 valence electrons. The summed E-state index contributed by atoms with van der Waals surface area (Å²) in [5, 5.41) is 11.6. The number of hydrogen-bond donors (Lipinski definition) is 2. The minimum atomic E-state index is -4.68. The van der Waals surface area contributed by atoms with E-state index in [1.54, 1.807) is 51.1 Å². The van der Waals surface area contributed by atoms with Gasteiger partial charge in [-0.15, -0.1) is 0 Å². The van der Waals surface area contributed by atoms with Gasteiger partial charge in [0.2, 0.25) is 5.88 Å². The Morgan fingerprint density at radius 3 is 2.35 bits per heavy atom. The van der Waals surface area contributed by atoms with Crippen molar-refractivity contribution < 1.29 is 37.3 Å². The predicted octanol–water partition coefficient (Wildman–Crippen LogP) is 4.20. The van der Waals surface area contributed by atoms with Crippen LogP contribution in [0.15, 0.2) is 42.6 Å². The minimum Gasteiger partial charge on any atom is -0.480 e. The number of carboxylic acids is 1. The van der Waals surface area contributed by atoms with Crippen molar-refractivity contribution in [3.8, 4) is 5.88 Å². The molecule has 0 radical (unpaired) electrons. The van der Waals surface area contributed by atoms with E-state index in [0.29, 0.717) is 6.20 Å². The highest BCUT2D eigenvalue weighted by molar-refractivity contribution is 5.80. The maximum Gasteiger partial charge on any atom is 0.417 e. The van der Waals surface area contributed by atoms with Crippen molar-refractivity contribution in [1.29, 1.82) is 0 Å². The van der Waals surface area contributed by atoms with Crippen molar-refractivity contribution in [1.82, 2.24) is 10.3 Å². The molecule has 0 aliphatic rings. The number of rotatable bonds is 7. The summed E-state index contributed by atoms with van der Waals surface area (Å²) in [6, 6.07) is 8.06. The van der Waals surface area contributed by atoms with E-state index in [4.69, 9.17) is 9.47 Å². The van der Waals surface area contributed by atoms with Crippen LogP contribution in [0.1, 0.15) is 37.5 Å². The summed E-state index contributed by atoms with van der Waals surface area (Å²) in [5.74, 6) is -1.61. The molecule has 0 saturated heterocycles. The number of hydrogen-bond acceptors (Lipinski definition) is 5. The summed E-state index contributed by atoms with van der Waals surface area (Å²) in [5.41, 5.74) is -1.31. The zero-order valence-corrected chi connectivity index (χ0v) is 17.2. The lowest BCUT2D eigenvalue weighted by molar-refractivity contribution is -0.139. The summed E-state index contributed by atoms with van der Waals surface area (Å²) in [7, 11) is 0. The van der Waals surface area contributed by atoms with Gasteiger partial charge in [-0.3, -0.25) is 0 Å². The van der Waals surface area contributed by atoms with Crippen LogP contribution in [0.4, 0.5) is 18.0 Å². The van der Waals surface area contributed by atoms with Gasteiger partial charge in [0.1, 0.15) is 18.2 Å². The highest BCUT2D eigenvalue weighted by Gasteiger charge is 2.33. The van der Waals surface area contributed by atoms with Crippen LogP contribution in [0.2, 0.25) is 0 Å². The normalized spacial score (nSPS) is 12.7. The van der Waals surface area contributed by atoms with Gasteiger partial charge in [0.05, 0.1) is 5.56 Å². The standard InChI is InChI=1S/C21H23F3N2O5/c1-20(2,3)31-19(29)26-16(18(27)28)10-14-9-15(21(22,23)24)11-25-17(14)30-12-13-7-5-4-6-8-13/h4-9,11,16H,10,12H2,1-3H3,(H,26,29)(H,27,28)/t16-/m0/s1. The maximum atomic E-state index is 13.2. The Labute approximate surface area is 177 Å². The summed E-state index contributed by atoms with van der Waals surface area (Å²) in [4.78, 5) is 27.3. The molecule has 0 fully saturated rings. The zero-order chi connectivity index (χ0) is 23.2. The van der Waals surface area contributed by atoms with Crippen molar-refractivity contribution in [2.75, 3.05) is 0 Å². The highest BCUT2D eigenvalue weighted by atomic mass is 19.4. The first-order chi connectivity index (χ1) is 14.3. The molecule has 10 heteroatoms. The first-order valence-corrected chi connectivity index (χ1v) is 9.30. The lowest BCUT2D eigenvalue weighted by Crippen LogP contribution is -2.44. The summed E-state index contributed by atoms with van der Waals surface area (Å²) in [6.45, 7) is 4.79. The molecule has 0 aliphatic heterocycles. The molecule has 7 nitrogen and oxygen atoms in total. The van der Waals surface area contributed by atoms with Crippen molar-refractivity contribution in [2.24, 2.45) is 0 Å². The van der Waals surface area contributed by atoms with Gasteiger partial charge in [-0.2, -0.15) is 13.2 Å². The number of benzene rings is 1. The smallest absolute Gasteiger partial charge is 0.417 e. The van der Waals surface area contributed by atoms with Crippen LogP contribution in [0.25, 0.3) is 0 Å². The molecular weight excluding hydrogens is 417 g/mol. The number of halogens is 3. The Hall–Kier alpha value is -3.30. The van der Waals surface area contributed by atoms with Crippen LogP contribution >= 0.6 is 0 Å². The average molecular weight is 440 g/mol. The number of alkyl halides is 3. The van der Waals surface area contributed by atoms with E-state index in [1.165, 1.54) is 0 Å². The molecule has 1 aromatic heterocycles. The van der Waals surface area contributed by atoms with Crippen LogP contribution < -0.4 is 10.1 Å². The molecule has 0 bridgehead atoms. The first kappa shape index (κ1) is 24.0. The van der Waals surface area contributed by atoms with Gasteiger partial charge in [-0.05, 0) is 32.4 Å². The fraction of sp³-hybridized carbons (Fsp3) is 0.381. The molecule has 0 saturated carbocycles. The van der Waals surface area contributed by atoms with Gasteiger partial charge in [0.15, 0.2) is 0 Å². The number of ether oxygens (including phenoxy) is 2. The second-order valence-electron chi connectivity index (χ2n) is 7.70. The largest absolute Gasteiger partial charge is 0.480 e. The Morgan fingerprint density at radius 1 is 1.16 bits per heavy atom. The van der Waals surface area contributed by atoms with Crippen molar-refractivity contribution in [3.63, 3.8) is 0 Å². The van der Waals surface area contributed by atoms with Crippen LogP contribution in [-0.2, 0) is 28.7 Å². The Bertz CT molecular complexity index is 911. The quantitative estimate of drug-likeness (QED) is 0.670. The number of nitrogens with one attached hydrogen (secondary N) is 1. The first-order valence-electron chi connectivity index (χ1n) is 9.30. The number of nitrogens with zero attached hydrogens (tertiary/aromatic N) is 1. The number of pyridine rings is 1. The third-order valence-corrected chi connectivity index (χ3v) is 3.88. The van der Waals surface area contributed by atoms with Gasteiger partial charge in [0.25, 0.3) is 0 Å². The second kappa shape index (κ2) is 9.67. The summed E-state index contributed by atoms with van der Waals surface area (Å²) in [6.07, 6.45) is -5.57. The molecule has 1 aromatic carbocycles. The molecule has 1 amide bonds. The molecule has 0 aliphatic carbocycles. The second-order valence-corrected chi connectivity index (χ2v) is 7.70. The molecule has 2 N–H and O–H groups in total. The van der Waals surface area contributed by atoms with Gasteiger partial charge in [-0.1, -0.05) is 30.3 Å². The Kier molecular flexibility index (Phi) is 7.48. The van der Waals surface area contributed by atoms with Crippen molar-refractivity contribution >= 4 is 12.1 Å². The third-order valence-electron chi connectivity index (χ3n) is 3.88. The number of aromatic nitrogens is 1.